The van der Waals surface area contributed by atoms with Crippen molar-refractivity contribution in [3.8, 4) is 0 Å². The first-order valence-electron chi connectivity index (χ1n) is 6.74. The molecule has 2 amide bonds. The van der Waals surface area contributed by atoms with Crippen molar-refractivity contribution >= 4 is 11.8 Å². The summed E-state index contributed by atoms with van der Waals surface area (Å²) in [6.45, 7) is 0.809. The van der Waals surface area contributed by atoms with Gasteiger partial charge in [-0.3, -0.25) is 9.59 Å². The molecule has 2 N–H and O–H groups in total. The van der Waals surface area contributed by atoms with E-state index in [1.165, 1.54) is 19.3 Å². The van der Waals surface area contributed by atoms with Gasteiger partial charge in [0.05, 0.1) is 0 Å². The summed E-state index contributed by atoms with van der Waals surface area (Å²) < 4.78 is 0. The van der Waals surface area contributed by atoms with Gasteiger partial charge in [-0.25, -0.2) is 0 Å². The van der Waals surface area contributed by atoms with Gasteiger partial charge in [0, 0.05) is 25.4 Å². The average Bonchev–Trinajstić information content (AvgIpc) is 2.23. The molecule has 1 heterocycles. The summed E-state index contributed by atoms with van der Waals surface area (Å²) >= 11 is 0. The van der Waals surface area contributed by atoms with Crippen LogP contribution in [0, 0.1) is 5.92 Å². The maximum Gasteiger partial charge on any atom is 0.223 e. The number of rotatable bonds is 4. The number of primary amides is 1. The second-order valence-electron chi connectivity index (χ2n) is 5.41. The molecule has 4 heteroatoms. The molecule has 1 saturated heterocycles. The first-order valence-corrected chi connectivity index (χ1v) is 6.74. The van der Waals surface area contributed by atoms with Crippen molar-refractivity contribution in [2.24, 2.45) is 11.7 Å². The fraction of sp³-hybridized carbons (Fsp3) is 0.846. The number of carbonyl (C=O) groups is 2. The minimum Gasteiger partial charge on any atom is -0.370 e. The molecule has 17 heavy (non-hydrogen) atoms. The number of likely N-dealkylation sites (tertiary alicyclic amines) is 1. The molecule has 0 radical (unpaired) electrons. The third kappa shape index (κ3) is 3.20. The highest BCUT2D eigenvalue weighted by molar-refractivity contribution is 5.79. The number of amides is 2. The van der Waals surface area contributed by atoms with Crippen LogP contribution >= 0.6 is 0 Å². The van der Waals surface area contributed by atoms with Crippen LogP contribution in [-0.4, -0.2) is 29.3 Å². The summed E-state index contributed by atoms with van der Waals surface area (Å²) in [4.78, 5) is 25.1. The summed E-state index contributed by atoms with van der Waals surface area (Å²) in [5, 5.41) is 0. The van der Waals surface area contributed by atoms with Crippen LogP contribution in [-0.2, 0) is 9.59 Å². The van der Waals surface area contributed by atoms with Crippen LogP contribution in [0.3, 0.4) is 0 Å². The Bertz CT molecular complexity index is 300. The summed E-state index contributed by atoms with van der Waals surface area (Å²) in [5.41, 5.74) is 5.25. The van der Waals surface area contributed by atoms with Gasteiger partial charge >= 0.3 is 0 Å². The van der Waals surface area contributed by atoms with Crippen LogP contribution in [0.25, 0.3) is 0 Å². The fourth-order valence-corrected chi connectivity index (χ4v) is 2.83. The normalized spacial score (nSPS) is 25.4. The maximum absolute atomic E-state index is 12.2. The van der Waals surface area contributed by atoms with Gasteiger partial charge in [0.1, 0.15) is 0 Å². The molecule has 96 valence electrons. The lowest BCUT2D eigenvalue weighted by molar-refractivity contribution is -0.137. The molecule has 2 fully saturated rings. The van der Waals surface area contributed by atoms with E-state index >= 15 is 0 Å². The highest BCUT2D eigenvalue weighted by atomic mass is 16.2. The van der Waals surface area contributed by atoms with Crippen molar-refractivity contribution < 1.29 is 9.59 Å². The Morgan fingerprint density at radius 3 is 2.41 bits per heavy atom. The molecule has 1 unspecified atom stereocenters. The van der Waals surface area contributed by atoms with E-state index in [0.29, 0.717) is 18.8 Å². The van der Waals surface area contributed by atoms with Crippen molar-refractivity contribution in [3.05, 3.63) is 0 Å². The first kappa shape index (κ1) is 12.4. The number of carbonyl (C=O) groups excluding carboxylic acids is 2. The molecule has 0 spiro atoms. The maximum atomic E-state index is 12.2. The number of hydrogen-bond donors (Lipinski definition) is 1. The molecule has 1 saturated carbocycles. The van der Waals surface area contributed by atoms with Crippen LogP contribution in [0.2, 0.25) is 0 Å². The van der Waals surface area contributed by atoms with Crippen LogP contribution < -0.4 is 5.73 Å². The van der Waals surface area contributed by atoms with Crippen molar-refractivity contribution in [2.45, 2.75) is 57.4 Å². The zero-order valence-corrected chi connectivity index (χ0v) is 10.4. The second kappa shape index (κ2) is 5.52. The molecular formula is C13H22N2O2. The second-order valence-corrected chi connectivity index (χ2v) is 5.41. The van der Waals surface area contributed by atoms with Crippen LogP contribution in [0.1, 0.15) is 51.4 Å². The van der Waals surface area contributed by atoms with Gasteiger partial charge in [-0.05, 0) is 38.0 Å². The van der Waals surface area contributed by atoms with Gasteiger partial charge in [-0.1, -0.05) is 6.42 Å². The SMILES string of the molecule is NC(=O)CC1CCCCN1C(=O)CC1CCC1. The summed E-state index contributed by atoms with van der Waals surface area (Å²) in [6.07, 6.45) is 7.75. The average molecular weight is 238 g/mol. The van der Waals surface area contributed by atoms with Gasteiger partial charge in [0.25, 0.3) is 0 Å². The predicted octanol–water partition coefficient (Wildman–Crippen LogP) is 1.43. The molecular weight excluding hydrogens is 216 g/mol. The molecule has 0 aromatic carbocycles. The predicted molar refractivity (Wildman–Crippen MR) is 65.1 cm³/mol. The highest BCUT2D eigenvalue weighted by Crippen LogP contribution is 2.31. The lowest BCUT2D eigenvalue weighted by atomic mass is 9.82. The lowest BCUT2D eigenvalue weighted by Gasteiger charge is -2.37. The molecule has 2 rings (SSSR count). The monoisotopic (exact) mass is 238 g/mol. The lowest BCUT2D eigenvalue weighted by Crippen LogP contribution is -2.46. The number of nitrogens with two attached hydrogens (primary N) is 1. The van der Waals surface area contributed by atoms with Crippen LogP contribution in [0.4, 0.5) is 0 Å². The minimum absolute atomic E-state index is 0.0637. The topological polar surface area (TPSA) is 63.4 Å². The Morgan fingerprint density at radius 1 is 1.06 bits per heavy atom. The number of hydrogen-bond acceptors (Lipinski definition) is 2. The molecule has 0 bridgehead atoms. The molecule has 1 atom stereocenters. The minimum atomic E-state index is -0.293. The van der Waals surface area contributed by atoms with E-state index < -0.39 is 0 Å². The smallest absolute Gasteiger partial charge is 0.223 e. The van der Waals surface area contributed by atoms with Crippen molar-refractivity contribution in [2.75, 3.05) is 6.54 Å². The molecule has 2 aliphatic rings. The molecule has 1 aliphatic heterocycles. The van der Waals surface area contributed by atoms with Gasteiger partial charge < -0.3 is 10.6 Å². The Labute approximate surface area is 103 Å². The quantitative estimate of drug-likeness (QED) is 0.805. The molecule has 1 aliphatic carbocycles. The Hall–Kier alpha value is -1.06. The Morgan fingerprint density at radius 2 is 1.82 bits per heavy atom. The summed E-state index contributed by atoms with van der Waals surface area (Å²) in [6, 6.07) is 0.0637. The zero-order valence-electron chi connectivity index (χ0n) is 10.4. The highest BCUT2D eigenvalue weighted by Gasteiger charge is 2.30. The van der Waals surface area contributed by atoms with E-state index in [2.05, 4.69) is 0 Å². The van der Waals surface area contributed by atoms with Gasteiger partial charge in [0.2, 0.25) is 11.8 Å². The zero-order chi connectivity index (χ0) is 12.3. The van der Waals surface area contributed by atoms with Crippen molar-refractivity contribution in [1.29, 1.82) is 0 Å². The van der Waals surface area contributed by atoms with E-state index in [1.54, 1.807) is 0 Å². The van der Waals surface area contributed by atoms with E-state index in [0.717, 1.165) is 25.8 Å². The molecule has 0 aromatic heterocycles. The van der Waals surface area contributed by atoms with E-state index in [1.807, 2.05) is 4.90 Å². The molecule has 4 nitrogen and oxygen atoms in total. The van der Waals surface area contributed by atoms with Crippen molar-refractivity contribution in [3.63, 3.8) is 0 Å². The third-order valence-electron chi connectivity index (χ3n) is 4.07. The Balaban J connectivity index is 1.89. The largest absolute Gasteiger partial charge is 0.370 e. The van der Waals surface area contributed by atoms with Gasteiger partial charge in [-0.15, -0.1) is 0 Å². The van der Waals surface area contributed by atoms with Crippen LogP contribution in [0.5, 0.6) is 0 Å². The summed E-state index contributed by atoms with van der Waals surface area (Å²) in [5.74, 6) is 0.539. The van der Waals surface area contributed by atoms with Gasteiger partial charge in [-0.2, -0.15) is 0 Å². The number of nitrogens with zero attached hydrogens (tertiary/aromatic N) is 1. The van der Waals surface area contributed by atoms with E-state index in [4.69, 9.17) is 5.73 Å². The van der Waals surface area contributed by atoms with Crippen molar-refractivity contribution in [1.82, 2.24) is 4.90 Å². The standard InChI is InChI=1S/C13H22N2O2/c14-12(16)9-11-6-1-2-7-15(11)13(17)8-10-4-3-5-10/h10-11H,1-9H2,(H2,14,16). The van der Waals surface area contributed by atoms with Crippen LogP contribution in [0.15, 0.2) is 0 Å². The van der Waals surface area contributed by atoms with E-state index in [9.17, 15) is 9.59 Å². The third-order valence-corrected chi connectivity index (χ3v) is 4.07. The summed E-state index contributed by atoms with van der Waals surface area (Å²) in [7, 11) is 0. The van der Waals surface area contributed by atoms with E-state index in [-0.39, 0.29) is 17.9 Å². The number of piperidine rings is 1. The first-order chi connectivity index (χ1) is 8.16. The molecule has 0 aromatic rings. The Kier molecular flexibility index (Phi) is 4.02. The van der Waals surface area contributed by atoms with Gasteiger partial charge in [0.15, 0.2) is 0 Å². The fourth-order valence-electron chi connectivity index (χ4n) is 2.83.